The second-order valence-electron chi connectivity index (χ2n) is 5.41. The molecule has 1 saturated heterocycles. The van der Waals surface area contributed by atoms with Crippen LogP contribution < -0.4 is 4.90 Å². The molecule has 1 aliphatic heterocycles. The van der Waals surface area contributed by atoms with Crippen molar-refractivity contribution in [3.8, 4) is 6.07 Å². The van der Waals surface area contributed by atoms with Crippen LogP contribution in [0.4, 0.5) is 5.69 Å². The average molecular weight is 367 g/mol. The number of rotatable bonds is 4. The molecule has 2 heterocycles. The van der Waals surface area contributed by atoms with Gasteiger partial charge in [-0.05, 0) is 18.2 Å². The van der Waals surface area contributed by atoms with Crippen LogP contribution in [-0.4, -0.2) is 44.1 Å². The zero-order valence-corrected chi connectivity index (χ0v) is 14.3. The molecule has 7 nitrogen and oxygen atoms in total. The van der Waals surface area contributed by atoms with Gasteiger partial charge < -0.3 is 9.42 Å². The summed E-state index contributed by atoms with van der Waals surface area (Å²) < 4.78 is 31.0. The molecule has 24 heavy (non-hydrogen) atoms. The quantitative estimate of drug-likeness (QED) is 0.820. The standard InChI is InChI=1S/C15H15ClN4O3S/c16-13-1-2-15(12(9-13)10-17)19-4-6-20(7-5-19)24(21,22)11-14-3-8-23-18-14/h1-3,8-9H,4-7,11H2. The van der Waals surface area contributed by atoms with Crippen molar-refractivity contribution in [2.24, 2.45) is 0 Å². The molecule has 0 amide bonds. The van der Waals surface area contributed by atoms with Gasteiger partial charge in [0.1, 0.15) is 18.1 Å². The number of nitrogens with zero attached hydrogens (tertiary/aromatic N) is 4. The molecular formula is C15H15ClN4O3S. The van der Waals surface area contributed by atoms with Gasteiger partial charge in [-0.1, -0.05) is 16.8 Å². The Morgan fingerprint density at radius 3 is 2.62 bits per heavy atom. The summed E-state index contributed by atoms with van der Waals surface area (Å²) in [7, 11) is -3.44. The summed E-state index contributed by atoms with van der Waals surface area (Å²) in [6.07, 6.45) is 1.35. The highest BCUT2D eigenvalue weighted by molar-refractivity contribution is 7.88. The lowest BCUT2D eigenvalue weighted by Gasteiger charge is -2.35. The Balaban J connectivity index is 1.69. The topological polar surface area (TPSA) is 90.4 Å². The smallest absolute Gasteiger partial charge is 0.220 e. The first-order chi connectivity index (χ1) is 11.5. The van der Waals surface area contributed by atoms with Gasteiger partial charge in [0.2, 0.25) is 10.0 Å². The number of anilines is 1. The lowest BCUT2D eigenvalue weighted by atomic mass is 10.1. The molecule has 0 spiro atoms. The molecular weight excluding hydrogens is 352 g/mol. The van der Waals surface area contributed by atoms with Crippen molar-refractivity contribution in [2.45, 2.75) is 5.75 Å². The fraction of sp³-hybridized carbons (Fsp3) is 0.333. The van der Waals surface area contributed by atoms with Crippen molar-refractivity contribution in [1.82, 2.24) is 9.46 Å². The maximum atomic E-state index is 12.4. The number of benzene rings is 1. The lowest BCUT2D eigenvalue weighted by Crippen LogP contribution is -2.49. The molecule has 0 unspecified atom stereocenters. The normalized spacial score (nSPS) is 16.1. The first-order valence-corrected chi connectivity index (χ1v) is 9.30. The summed E-state index contributed by atoms with van der Waals surface area (Å²) >= 11 is 5.91. The van der Waals surface area contributed by atoms with E-state index in [1.54, 1.807) is 24.3 Å². The van der Waals surface area contributed by atoms with Crippen molar-refractivity contribution in [3.63, 3.8) is 0 Å². The predicted octanol–water partition coefficient (Wildman–Crippen LogP) is 1.85. The van der Waals surface area contributed by atoms with Gasteiger partial charge in [0.05, 0.1) is 16.9 Å². The van der Waals surface area contributed by atoms with Gasteiger partial charge in [-0.25, -0.2) is 8.42 Å². The van der Waals surface area contributed by atoms with E-state index in [0.717, 1.165) is 5.69 Å². The summed E-state index contributed by atoms with van der Waals surface area (Å²) in [5.74, 6) is -0.173. The van der Waals surface area contributed by atoms with E-state index in [2.05, 4.69) is 15.7 Å². The third-order valence-electron chi connectivity index (χ3n) is 3.87. The third-order valence-corrected chi connectivity index (χ3v) is 5.92. The maximum Gasteiger partial charge on any atom is 0.220 e. The molecule has 3 rings (SSSR count). The monoisotopic (exact) mass is 366 g/mol. The summed E-state index contributed by atoms with van der Waals surface area (Å²) in [6.45, 7) is 1.73. The minimum Gasteiger partial charge on any atom is -0.368 e. The molecule has 9 heteroatoms. The molecule has 0 aliphatic carbocycles. The van der Waals surface area contributed by atoms with Crippen molar-refractivity contribution in [1.29, 1.82) is 5.26 Å². The number of piperazine rings is 1. The number of hydrogen-bond acceptors (Lipinski definition) is 6. The van der Waals surface area contributed by atoms with Crippen molar-refractivity contribution < 1.29 is 12.9 Å². The Labute approximate surface area is 145 Å². The number of hydrogen-bond donors (Lipinski definition) is 0. The average Bonchev–Trinajstić information content (AvgIpc) is 3.07. The van der Waals surface area contributed by atoms with Gasteiger partial charge in [-0.3, -0.25) is 0 Å². The number of aromatic nitrogens is 1. The molecule has 2 aromatic rings. The van der Waals surface area contributed by atoms with Gasteiger partial charge in [-0.2, -0.15) is 9.57 Å². The van der Waals surface area contributed by atoms with E-state index < -0.39 is 10.0 Å². The third kappa shape index (κ3) is 3.53. The molecule has 0 radical (unpaired) electrons. The fourth-order valence-corrected chi connectivity index (χ4v) is 4.27. The molecule has 1 aromatic carbocycles. The predicted molar refractivity (Wildman–Crippen MR) is 89.1 cm³/mol. The van der Waals surface area contributed by atoms with Crippen LogP contribution in [0.15, 0.2) is 35.1 Å². The molecule has 0 atom stereocenters. The Morgan fingerprint density at radius 2 is 2.00 bits per heavy atom. The molecule has 1 fully saturated rings. The molecule has 1 aliphatic rings. The van der Waals surface area contributed by atoms with E-state index in [1.807, 2.05) is 4.90 Å². The first-order valence-electron chi connectivity index (χ1n) is 7.31. The zero-order chi connectivity index (χ0) is 17.2. The maximum absolute atomic E-state index is 12.4. The van der Waals surface area contributed by atoms with Crippen LogP contribution in [0, 0.1) is 11.3 Å². The van der Waals surface area contributed by atoms with E-state index in [-0.39, 0.29) is 5.75 Å². The number of nitriles is 1. The highest BCUT2D eigenvalue weighted by atomic mass is 35.5. The van der Waals surface area contributed by atoms with E-state index in [4.69, 9.17) is 11.6 Å². The highest BCUT2D eigenvalue weighted by Crippen LogP contribution is 2.25. The van der Waals surface area contributed by atoms with Gasteiger partial charge >= 0.3 is 0 Å². The van der Waals surface area contributed by atoms with Crippen LogP contribution in [-0.2, 0) is 15.8 Å². The van der Waals surface area contributed by atoms with Gasteiger partial charge in [0, 0.05) is 37.3 Å². The lowest BCUT2D eigenvalue weighted by molar-refractivity contribution is 0.381. The second kappa shape index (κ2) is 6.81. The SMILES string of the molecule is N#Cc1cc(Cl)ccc1N1CCN(S(=O)(=O)Cc2ccon2)CC1. The summed E-state index contributed by atoms with van der Waals surface area (Å²) in [5.41, 5.74) is 1.65. The van der Waals surface area contributed by atoms with E-state index in [9.17, 15) is 13.7 Å². The van der Waals surface area contributed by atoms with E-state index in [0.29, 0.717) is 42.5 Å². The highest BCUT2D eigenvalue weighted by Gasteiger charge is 2.28. The van der Waals surface area contributed by atoms with Crippen LogP contribution in [0.5, 0.6) is 0 Å². The number of halogens is 1. The van der Waals surface area contributed by atoms with Crippen LogP contribution >= 0.6 is 11.6 Å². The summed E-state index contributed by atoms with van der Waals surface area (Å²) in [6, 6.07) is 8.81. The fourth-order valence-electron chi connectivity index (χ4n) is 2.67. The van der Waals surface area contributed by atoms with Gasteiger partial charge in [0.15, 0.2) is 0 Å². The molecule has 1 aromatic heterocycles. The zero-order valence-electron chi connectivity index (χ0n) is 12.7. The molecule has 0 saturated carbocycles. The van der Waals surface area contributed by atoms with Crippen molar-refractivity contribution >= 4 is 27.3 Å². The van der Waals surface area contributed by atoms with Crippen LogP contribution in [0.2, 0.25) is 5.02 Å². The Bertz CT molecular complexity index is 853. The molecule has 0 N–H and O–H groups in total. The van der Waals surface area contributed by atoms with Crippen molar-refractivity contribution in [2.75, 3.05) is 31.1 Å². The Kier molecular flexibility index (Phi) is 4.76. The van der Waals surface area contributed by atoms with Gasteiger partial charge in [0.25, 0.3) is 0 Å². The minimum atomic E-state index is -3.44. The molecule has 126 valence electrons. The van der Waals surface area contributed by atoms with Crippen molar-refractivity contribution in [3.05, 3.63) is 46.8 Å². The minimum absolute atomic E-state index is 0.173. The first kappa shape index (κ1) is 16.8. The van der Waals surface area contributed by atoms with Crippen LogP contribution in [0.25, 0.3) is 0 Å². The molecule has 0 bridgehead atoms. The summed E-state index contributed by atoms with van der Waals surface area (Å²) in [5, 5.41) is 13.4. The van der Waals surface area contributed by atoms with E-state index in [1.165, 1.54) is 10.6 Å². The number of sulfonamides is 1. The largest absolute Gasteiger partial charge is 0.368 e. The van der Waals surface area contributed by atoms with Crippen LogP contribution in [0.3, 0.4) is 0 Å². The second-order valence-corrected chi connectivity index (χ2v) is 7.81. The van der Waals surface area contributed by atoms with E-state index >= 15 is 0 Å². The summed E-state index contributed by atoms with van der Waals surface area (Å²) in [4.78, 5) is 2.00. The van der Waals surface area contributed by atoms with Crippen LogP contribution in [0.1, 0.15) is 11.3 Å². The Morgan fingerprint density at radius 1 is 1.25 bits per heavy atom. The Hall–Kier alpha value is -2.08. The van der Waals surface area contributed by atoms with Gasteiger partial charge in [-0.15, -0.1) is 0 Å².